The van der Waals surface area contributed by atoms with Crippen LogP contribution in [0.2, 0.25) is 10.0 Å². The minimum Gasteiger partial charge on any atom is -0.381 e. The predicted octanol–water partition coefficient (Wildman–Crippen LogP) is 4.47. The molecule has 0 unspecified atom stereocenters. The number of rotatable bonds is 5. The van der Waals surface area contributed by atoms with Gasteiger partial charge >= 0.3 is 0 Å². The lowest BCUT2D eigenvalue weighted by Crippen LogP contribution is -2.47. The first kappa shape index (κ1) is 21.4. The summed E-state index contributed by atoms with van der Waals surface area (Å²) in [5.74, 6) is 1.09. The molecule has 5 nitrogen and oxygen atoms in total. The minimum atomic E-state index is -0.118. The quantitative estimate of drug-likeness (QED) is 0.734. The molecule has 7 heteroatoms. The molecule has 4 rings (SSSR count). The van der Waals surface area contributed by atoms with Crippen LogP contribution in [-0.2, 0) is 14.9 Å². The lowest BCUT2D eigenvalue weighted by atomic mass is 9.74. The monoisotopic (exact) mass is 447 g/mol. The maximum absolute atomic E-state index is 12.9. The van der Waals surface area contributed by atoms with Gasteiger partial charge in [0.25, 0.3) is 0 Å². The highest BCUT2D eigenvalue weighted by Crippen LogP contribution is 2.35. The molecule has 1 aromatic carbocycles. The Hall–Kier alpha value is -1.82. The summed E-state index contributed by atoms with van der Waals surface area (Å²) >= 11 is 12.2. The highest BCUT2D eigenvalue weighted by atomic mass is 35.5. The van der Waals surface area contributed by atoms with Crippen molar-refractivity contribution in [1.29, 1.82) is 0 Å². The molecule has 0 aliphatic carbocycles. The van der Waals surface area contributed by atoms with Crippen molar-refractivity contribution in [2.75, 3.05) is 37.7 Å². The average molecular weight is 448 g/mol. The summed E-state index contributed by atoms with van der Waals surface area (Å²) in [5.41, 5.74) is 1.06. The van der Waals surface area contributed by atoms with E-state index >= 15 is 0 Å². The smallest absolute Gasteiger partial charge is 0.223 e. The molecule has 0 radical (unpaired) electrons. The zero-order chi connectivity index (χ0) is 21.0. The number of anilines is 1. The SMILES string of the molecule is O=C(NCC1(c2cccc(Cl)c2)CCOCC1)C1CCN(c2ccc(Cl)cn2)CC1. The largest absolute Gasteiger partial charge is 0.381 e. The van der Waals surface area contributed by atoms with Gasteiger partial charge in [0.15, 0.2) is 0 Å². The molecule has 30 heavy (non-hydrogen) atoms. The molecule has 3 heterocycles. The van der Waals surface area contributed by atoms with Gasteiger partial charge in [-0.2, -0.15) is 0 Å². The molecule has 2 saturated heterocycles. The van der Waals surface area contributed by atoms with Crippen LogP contribution in [0.1, 0.15) is 31.2 Å². The van der Waals surface area contributed by atoms with E-state index in [1.165, 1.54) is 5.56 Å². The number of halogens is 2. The molecule has 2 aliphatic heterocycles. The van der Waals surface area contributed by atoms with Gasteiger partial charge in [0.05, 0.1) is 5.02 Å². The third-order valence-corrected chi connectivity index (χ3v) is 6.85. The first-order valence-electron chi connectivity index (χ1n) is 10.5. The molecular weight excluding hydrogens is 421 g/mol. The number of hydrogen-bond acceptors (Lipinski definition) is 4. The summed E-state index contributed by atoms with van der Waals surface area (Å²) in [6.45, 7) is 3.66. The van der Waals surface area contributed by atoms with Gasteiger partial charge in [-0.1, -0.05) is 35.3 Å². The van der Waals surface area contributed by atoms with E-state index in [-0.39, 0.29) is 17.2 Å². The second-order valence-corrected chi connectivity index (χ2v) is 9.09. The molecule has 0 saturated carbocycles. The van der Waals surface area contributed by atoms with Crippen LogP contribution in [0.5, 0.6) is 0 Å². The van der Waals surface area contributed by atoms with Crippen LogP contribution in [0.15, 0.2) is 42.6 Å². The molecule has 0 bridgehead atoms. The number of piperidine rings is 1. The summed E-state index contributed by atoms with van der Waals surface area (Å²) in [7, 11) is 0. The van der Waals surface area contributed by atoms with Gasteiger partial charge < -0.3 is 15.0 Å². The van der Waals surface area contributed by atoms with Crippen LogP contribution in [0.25, 0.3) is 0 Å². The second-order valence-electron chi connectivity index (χ2n) is 8.22. The number of carbonyl (C=O) groups excluding carboxylic acids is 1. The van der Waals surface area contributed by atoms with Crippen molar-refractivity contribution >= 4 is 34.9 Å². The van der Waals surface area contributed by atoms with E-state index in [1.54, 1.807) is 6.20 Å². The Morgan fingerprint density at radius 3 is 2.57 bits per heavy atom. The van der Waals surface area contributed by atoms with Gasteiger partial charge in [0, 0.05) is 55.4 Å². The van der Waals surface area contributed by atoms with Crippen molar-refractivity contribution in [2.45, 2.75) is 31.1 Å². The molecule has 1 amide bonds. The van der Waals surface area contributed by atoms with Crippen molar-refractivity contribution in [3.8, 4) is 0 Å². The molecule has 2 aromatic rings. The summed E-state index contributed by atoms with van der Waals surface area (Å²) < 4.78 is 5.60. The first-order valence-corrected chi connectivity index (χ1v) is 11.3. The minimum absolute atomic E-state index is 0.0322. The third kappa shape index (κ3) is 4.90. The summed E-state index contributed by atoms with van der Waals surface area (Å²) in [4.78, 5) is 19.6. The molecule has 1 N–H and O–H groups in total. The maximum atomic E-state index is 12.9. The van der Waals surface area contributed by atoms with Gasteiger partial charge in [0.1, 0.15) is 5.82 Å². The molecule has 1 aromatic heterocycles. The molecule has 2 aliphatic rings. The normalized spacial score (nSPS) is 19.5. The fourth-order valence-electron chi connectivity index (χ4n) is 4.47. The Morgan fingerprint density at radius 1 is 1.13 bits per heavy atom. The van der Waals surface area contributed by atoms with Crippen LogP contribution < -0.4 is 10.2 Å². The molecule has 0 spiro atoms. The van der Waals surface area contributed by atoms with Crippen LogP contribution in [-0.4, -0.2) is 43.7 Å². The third-order valence-electron chi connectivity index (χ3n) is 6.39. The van der Waals surface area contributed by atoms with E-state index in [0.717, 1.165) is 49.6 Å². The Bertz CT molecular complexity index is 861. The number of pyridine rings is 1. The first-order chi connectivity index (χ1) is 14.6. The van der Waals surface area contributed by atoms with Gasteiger partial charge in [-0.15, -0.1) is 0 Å². The molecule has 2 fully saturated rings. The van der Waals surface area contributed by atoms with E-state index in [4.69, 9.17) is 27.9 Å². The van der Waals surface area contributed by atoms with Gasteiger partial charge in [-0.25, -0.2) is 4.98 Å². The number of nitrogens with zero attached hydrogens (tertiary/aromatic N) is 2. The topological polar surface area (TPSA) is 54.5 Å². The van der Waals surface area contributed by atoms with Crippen LogP contribution >= 0.6 is 23.2 Å². The number of hydrogen-bond donors (Lipinski definition) is 1. The Labute approximate surface area is 187 Å². The summed E-state index contributed by atoms with van der Waals surface area (Å²) in [5, 5.41) is 4.62. The number of benzene rings is 1. The summed E-state index contributed by atoms with van der Waals surface area (Å²) in [6, 6.07) is 11.8. The molecule has 0 atom stereocenters. The lowest BCUT2D eigenvalue weighted by molar-refractivity contribution is -0.126. The number of nitrogens with one attached hydrogen (secondary N) is 1. The van der Waals surface area contributed by atoms with Crippen LogP contribution in [0.3, 0.4) is 0 Å². The maximum Gasteiger partial charge on any atom is 0.223 e. The predicted molar refractivity (Wildman–Crippen MR) is 120 cm³/mol. The standard InChI is InChI=1S/C23H27Cl2N3O2/c24-19-3-1-2-18(14-19)23(8-12-30-13-9-23)16-27-22(29)17-6-10-28(11-7-17)21-5-4-20(25)15-26-21/h1-5,14-15,17H,6-13,16H2,(H,27,29). The fourth-order valence-corrected chi connectivity index (χ4v) is 4.78. The number of amides is 1. The van der Waals surface area contributed by atoms with Crippen LogP contribution in [0, 0.1) is 5.92 Å². The Balaban J connectivity index is 1.36. The van der Waals surface area contributed by atoms with Crippen molar-refractivity contribution in [2.24, 2.45) is 5.92 Å². The van der Waals surface area contributed by atoms with Crippen molar-refractivity contribution in [1.82, 2.24) is 10.3 Å². The number of ether oxygens (including phenoxy) is 1. The highest BCUT2D eigenvalue weighted by Gasteiger charge is 2.36. The number of aromatic nitrogens is 1. The Morgan fingerprint density at radius 2 is 1.90 bits per heavy atom. The molecular formula is C23H27Cl2N3O2. The number of carbonyl (C=O) groups is 1. The van der Waals surface area contributed by atoms with Crippen LogP contribution in [0.4, 0.5) is 5.82 Å². The van der Waals surface area contributed by atoms with E-state index in [9.17, 15) is 4.79 Å². The van der Waals surface area contributed by atoms with E-state index in [2.05, 4.69) is 21.3 Å². The zero-order valence-electron chi connectivity index (χ0n) is 16.9. The van der Waals surface area contributed by atoms with E-state index < -0.39 is 0 Å². The van der Waals surface area contributed by atoms with Gasteiger partial charge in [-0.05, 0) is 55.5 Å². The van der Waals surface area contributed by atoms with E-state index in [1.807, 2.05) is 30.3 Å². The van der Waals surface area contributed by atoms with Crippen molar-refractivity contribution in [3.05, 3.63) is 58.2 Å². The Kier molecular flexibility index (Phi) is 6.81. The zero-order valence-corrected chi connectivity index (χ0v) is 18.5. The lowest BCUT2D eigenvalue weighted by Gasteiger charge is -2.39. The van der Waals surface area contributed by atoms with Gasteiger partial charge in [-0.3, -0.25) is 4.79 Å². The molecule has 160 valence electrons. The van der Waals surface area contributed by atoms with Crippen molar-refractivity contribution < 1.29 is 9.53 Å². The van der Waals surface area contributed by atoms with E-state index in [0.29, 0.717) is 24.8 Å². The summed E-state index contributed by atoms with van der Waals surface area (Å²) in [6.07, 6.45) is 5.08. The van der Waals surface area contributed by atoms with Gasteiger partial charge in [0.2, 0.25) is 5.91 Å². The highest BCUT2D eigenvalue weighted by molar-refractivity contribution is 6.30. The second kappa shape index (κ2) is 9.54. The fraction of sp³-hybridized carbons (Fsp3) is 0.478. The average Bonchev–Trinajstić information content (AvgIpc) is 2.79. The van der Waals surface area contributed by atoms with Crippen molar-refractivity contribution in [3.63, 3.8) is 0 Å².